The highest BCUT2D eigenvalue weighted by Gasteiger charge is 2.72. The number of benzene rings is 1. The predicted octanol–water partition coefficient (Wildman–Crippen LogP) is 0.984. The van der Waals surface area contributed by atoms with Crippen molar-refractivity contribution in [2.24, 2.45) is 11.7 Å². The molecule has 6 rings (SSSR count). The summed E-state index contributed by atoms with van der Waals surface area (Å²) in [5.41, 5.74) is 7.08. The van der Waals surface area contributed by atoms with Crippen molar-refractivity contribution in [2.45, 2.75) is 24.7 Å². The number of primary amides is 1. The lowest BCUT2D eigenvalue weighted by molar-refractivity contribution is -0.137. The van der Waals surface area contributed by atoms with E-state index in [-0.39, 0.29) is 36.0 Å². The van der Waals surface area contributed by atoms with E-state index in [1.807, 2.05) is 35.4 Å². The number of nitrogens with two attached hydrogens (primary N) is 1. The summed E-state index contributed by atoms with van der Waals surface area (Å²) in [5, 5.41) is 7.49. The van der Waals surface area contributed by atoms with Crippen LogP contribution in [0.4, 0.5) is 10.5 Å². The number of rotatable bonds is 5. The van der Waals surface area contributed by atoms with Gasteiger partial charge in [-0.3, -0.25) is 9.59 Å². The summed E-state index contributed by atoms with van der Waals surface area (Å²) in [7, 11) is 1.55. The zero-order valence-corrected chi connectivity index (χ0v) is 18.1. The van der Waals surface area contributed by atoms with Crippen LogP contribution in [0.2, 0.25) is 0 Å². The Labute approximate surface area is 188 Å². The van der Waals surface area contributed by atoms with Crippen molar-refractivity contribution >= 4 is 34.3 Å². The summed E-state index contributed by atoms with van der Waals surface area (Å²) in [5.74, 6) is -1.21. The van der Waals surface area contributed by atoms with Gasteiger partial charge in [0, 0.05) is 53.6 Å². The summed E-state index contributed by atoms with van der Waals surface area (Å²) in [4.78, 5) is 43.8. The van der Waals surface area contributed by atoms with Crippen LogP contribution in [-0.4, -0.2) is 65.6 Å². The van der Waals surface area contributed by atoms with Gasteiger partial charge in [-0.25, -0.2) is 4.79 Å². The highest BCUT2D eigenvalue weighted by Crippen LogP contribution is 2.55. The van der Waals surface area contributed by atoms with E-state index in [0.29, 0.717) is 29.1 Å². The number of Topliss-reactive ketones (excluding diaryl/α,β-unsaturated/α-hetero) is 2. The lowest BCUT2D eigenvalue weighted by Crippen LogP contribution is -2.55. The standard InChI is InChI=1S/C23H23N5O5/c1-10-17(26-12-3-4-14-11(7-12)5-6-25-14)20(30)16-13(9-33-22(24)31)23(32-2)21-15(27-21)8-28(23)18(16)19(10)29/h3-7,13,15,21,25-27H,8-9H2,1-2H3,(H2,24,31)/t13-,15+,21+,23-/m1/s1. The number of ether oxygens (including phenoxy) is 2. The normalized spacial score (nSPS) is 30.0. The van der Waals surface area contributed by atoms with Gasteiger partial charge in [-0.15, -0.1) is 0 Å². The van der Waals surface area contributed by atoms with Crippen LogP contribution in [-0.2, 0) is 19.1 Å². The third-order valence-electron chi connectivity index (χ3n) is 7.25. The largest absolute Gasteiger partial charge is 0.449 e. The fourth-order valence-electron chi connectivity index (χ4n) is 5.72. The van der Waals surface area contributed by atoms with Gasteiger partial charge in [-0.05, 0) is 31.2 Å². The number of methoxy groups -OCH3 is 1. The van der Waals surface area contributed by atoms with E-state index >= 15 is 0 Å². The summed E-state index contributed by atoms with van der Waals surface area (Å²) in [6.45, 7) is 2.02. The van der Waals surface area contributed by atoms with Gasteiger partial charge >= 0.3 is 6.09 Å². The topological polar surface area (TPSA) is 149 Å². The minimum Gasteiger partial charge on any atom is -0.449 e. The molecular formula is C23H23N5O5. The molecule has 2 aromatic rings. The molecule has 4 aliphatic rings. The van der Waals surface area contributed by atoms with Gasteiger partial charge in [-0.2, -0.15) is 0 Å². The molecule has 2 saturated heterocycles. The number of carbonyl (C=O) groups is 3. The van der Waals surface area contributed by atoms with Crippen LogP contribution in [0.1, 0.15) is 6.92 Å². The number of nitrogens with one attached hydrogen (secondary N) is 3. The first-order valence-corrected chi connectivity index (χ1v) is 10.8. The fraction of sp³-hybridized carbons (Fsp3) is 0.348. The van der Waals surface area contributed by atoms with Crippen LogP contribution in [0.25, 0.3) is 10.9 Å². The first kappa shape index (κ1) is 20.0. The molecular weight excluding hydrogens is 426 g/mol. The van der Waals surface area contributed by atoms with Crippen LogP contribution in [0.5, 0.6) is 0 Å². The third kappa shape index (κ3) is 2.58. The molecule has 1 aromatic carbocycles. The minimum atomic E-state index is -0.990. The minimum absolute atomic E-state index is 0.0807. The summed E-state index contributed by atoms with van der Waals surface area (Å²) < 4.78 is 11.1. The maximum absolute atomic E-state index is 13.8. The lowest BCUT2D eigenvalue weighted by Gasteiger charge is -2.39. The molecule has 1 amide bonds. The van der Waals surface area contributed by atoms with E-state index in [0.717, 1.165) is 10.9 Å². The number of carbonyl (C=O) groups excluding carboxylic acids is 3. The molecule has 4 atom stereocenters. The lowest BCUT2D eigenvalue weighted by atomic mass is 9.82. The second-order valence-electron chi connectivity index (χ2n) is 8.83. The first-order chi connectivity index (χ1) is 15.9. The van der Waals surface area contributed by atoms with Crippen molar-refractivity contribution in [1.82, 2.24) is 15.2 Å². The van der Waals surface area contributed by atoms with E-state index in [1.165, 1.54) is 0 Å². The molecule has 10 nitrogen and oxygen atoms in total. The number of aromatic nitrogens is 1. The van der Waals surface area contributed by atoms with Crippen LogP contribution in [0.15, 0.2) is 53.0 Å². The maximum atomic E-state index is 13.8. The summed E-state index contributed by atoms with van der Waals surface area (Å²) in [6, 6.07) is 7.65. The molecule has 3 aliphatic heterocycles. The summed E-state index contributed by atoms with van der Waals surface area (Å²) >= 11 is 0. The Bertz CT molecular complexity index is 1310. The molecule has 1 aromatic heterocycles. The summed E-state index contributed by atoms with van der Waals surface area (Å²) in [6.07, 6.45) is 0.892. The molecule has 0 radical (unpaired) electrons. The molecule has 170 valence electrons. The van der Waals surface area contributed by atoms with E-state index < -0.39 is 17.7 Å². The number of H-pyrrole nitrogens is 1. The molecule has 0 bridgehead atoms. The first-order valence-electron chi connectivity index (χ1n) is 10.8. The average Bonchev–Trinajstić information content (AvgIpc) is 3.17. The molecule has 0 saturated carbocycles. The van der Waals surface area contributed by atoms with Crippen LogP contribution < -0.4 is 16.4 Å². The van der Waals surface area contributed by atoms with E-state index in [2.05, 4.69) is 15.6 Å². The highest BCUT2D eigenvalue weighted by atomic mass is 16.6. The van der Waals surface area contributed by atoms with Crippen molar-refractivity contribution in [3.8, 4) is 0 Å². The average molecular weight is 449 g/mol. The van der Waals surface area contributed by atoms with Crippen LogP contribution in [0.3, 0.4) is 0 Å². The fourth-order valence-corrected chi connectivity index (χ4v) is 5.72. The van der Waals surface area contributed by atoms with Crippen molar-refractivity contribution in [1.29, 1.82) is 0 Å². The number of nitrogens with zero attached hydrogens (tertiary/aromatic N) is 1. The Morgan fingerprint density at radius 1 is 1.30 bits per heavy atom. The number of hydrogen-bond acceptors (Lipinski definition) is 8. The zero-order chi connectivity index (χ0) is 23.1. The smallest absolute Gasteiger partial charge is 0.404 e. The van der Waals surface area contributed by atoms with Crippen LogP contribution in [0, 0.1) is 5.92 Å². The van der Waals surface area contributed by atoms with Crippen molar-refractivity contribution in [2.75, 3.05) is 25.6 Å². The number of aromatic amines is 1. The Kier molecular flexibility index (Phi) is 4.06. The number of ketones is 2. The quantitative estimate of drug-likeness (QED) is 0.390. The zero-order valence-electron chi connectivity index (χ0n) is 18.1. The highest BCUT2D eigenvalue weighted by molar-refractivity contribution is 6.26. The van der Waals surface area contributed by atoms with Crippen molar-refractivity contribution in [3.05, 3.63) is 53.0 Å². The Morgan fingerprint density at radius 3 is 2.88 bits per heavy atom. The number of piperazine rings is 1. The number of hydrogen-bond donors (Lipinski definition) is 4. The van der Waals surface area contributed by atoms with Gasteiger partial charge in [0.2, 0.25) is 11.6 Å². The molecule has 5 N–H and O–H groups in total. The maximum Gasteiger partial charge on any atom is 0.404 e. The SMILES string of the molecule is CO[C@@]12[C@H](COC(N)=O)C3=C(C(=O)C(C)=C(Nc4ccc5[nH]ccc5c4)C3=O)N1C[C@@H]1N[C@@H]12. The number of anilines is 1. The van der Waals surface area contributed by atoms with Gasteiger partial charge in [0.1, 0.15) is 6.61 Å². The molecule has 0 spiro atoms. The van der Waals surface area contributed by atoms with Crippen molar-refractivity contribution in [3.63, 3.8) is 0 Å². The number of allylic oxidation sites excluding steroid dienone is 2. The second-order valence-corrected chi connectivity index (χ2v) is 8.83. The molecule has 4 heterocycles. The van der Waals surface area contributed by atoms with Gasteiger partial charge < -0.3 is 35.7 Å². The van der Waals surface area contributed by atoms with Crippen molar-refractivity contribution < 1.29 is 23.9 Å². The van der Waals surface area contributed by atoms with Gasteiger partial charge in [0.05, 0.1) is 23.4 Å². The Balaban J connectivity index is 1.41. The van der Waals surface area contributed by atoms with Gasteiger partial charge in [0.25, 0.3) is 0 Å². The van der Waals surface area contributed by atoms with Gasteiger partial charge in [0.15, 0.2) is 5.72 Å². The monoisotopic (exact) mass is 449 g/mol. The molecule has 0 unspecified atom stereocenters. The Hall–Kier alpha value is -3.63. The van der Waals surface area contributed by atoms with E-state index in [1.54, 1.807) is 14.0 Å². The molecule has 2 fully saturated rings. The van der Waals surface area contributed by atoms with Gasteiger partial charge in [-0.1, -0.05) is 0 Å². The molecule has 33 heavy (non-hydrogen) atoms. The Morgan fingerprint density at radius 2 is 2.12 bits per heavy atom. The van der Waals surface area contributed by atoms with E-state index in [9.17, 15) is 14.4 Å². The second kappa shape index (κ2) is 6.69. The number of fused-ring (bicyclic) bond motifs is 5. The third-order valence-corrected chi connectivity index (χ3v) is 7.25. The molecule has 1 aliphatic carbocycles. The molecule has 10 heteroatoms. The number of amides is 1. The van der Waals surface area contributed by atoms with Crippen LogP contribution >= 0.6 is 0 Å². The predicted molar refractivity (Wildman–Crippen MR) is 118 cm³/mol. The van der Waals surface area contributed by atoms with E-state index in [4.69, 9.17) is 15.2 Å².